The van der Waals surface area contributed by atoms with Gasteiger partial charge in [0.15, 0.2) is 0 Å². The molecule has 8 rings (SSSR count). The summed E-state index contributed by atoms with van der Waals surface area (Å²) < 4.78 is 4.71. The zero-order chi connectivity index (χ0) is 35.3. The topological polar surface area (TPSA) is 21.9 Å². The highest BCUT2D eigenvalue weighted by Crippen LogP contribution is 2.38. The van der Waals surface area contributed by atoms with Crippen molar-refractivity contribution >= 4 is 38.3 Å². The molecule has 2 aromatic heterocycles. The van der Waals surface area contributed by atoms with Crippen LogP contribution in [0.2, 0.25) is 0 Å². The van der Waals surface area contributed by atoms with Gasteiger partial charge in [0.25, 0.3) is 0 Å². The summed E-state index contributed by atoms with van der Waals surface area (Å²) in [7, 11) is 0. The molecule has 0 bridgehead atoms. The van der Waals surface area contributed by atoms with Crippen LogP contribution >= 0.6 is 0 Å². The van der Waals surface area contributed by atoms with E-state index in [-0.39, 0.29) is 6.04 Å². The van der Waals surface area contributed by atoms with Crippen LogP contribution in [0.25, 0.3) is 60.8 Å². The average Bonchev–Trinajstić information content (AvgIpc) is 3.75. The van der Waals surface area contributed by atoms with Gasteiger partial charge in [0.1, 0.15) is 0 Å². The molecule has 3 nitrogen and oxygen atoms in total. The summed E-state index contributed by atoms with van der Waals surface area (Å²) in [5.74, 6) is 0. The highest BCUT2D eigenvalue weighted by molar-refractivity contribution is 6.11. The molecule has 7 aromatic rings. The first-order valence-electron chi connectivity index (χ1n) is 17.2. The molecule has 1 N–H and O–H groups in total. The van der Waals surface area contributed by atoms with E-state index in [4.69, 9.17) is 0 Å². The quantitative estimate of drug-likeness (QED) is 0.127. The van der Waals surface area contributed by atoms with Crippen molar-refractivity contribution in [3.05, 3.63) is 213 Å². The number of nitrogens with zero attached hydrogens (tertiary/aromatic N) is 2. The van der Waals surface area contributed by atoms with Gasteiger partial charge in [-0.1, -0.05) is 116 Å². The Morgan fingerprint density at radius 2 is 1.45 bits per heavy atom. The second kappa shape index (κ2) is 14.5. The van der Waals surface area contributed by atoms with E-state index in [9.17, 15) is 0 Å². The molecule has 3 heterocycles. The van der Waals surface area contributed by atoms with Crippen LogP contribution in [-0.4, -0.2) is 9.13 Å². The third-order valence-corrected chi connectivity index (χ3v) is 9.53. The largest absolute Gasteiger partial charge is 0.380 e. The van der Waals surface area contributed by atoms with Crippen molar-refractivity contribution in [2.75, 3.05) is 0 Å². The van der Waals surface area contributed by atoms with Gasteiger partial charge in [0.2, 0.25) is 0 Å². The average molecular weight is 660 g/mol. The Kier molecular flexibility index (Phi) is 9.36. The van der Waals surface area contributed by atoms with Crippen LogP contribution in [0.5, 0.6) is 0 Å². The van der Waals surface area contributed by atoms with Crippen molar-refractivity contribution in [2.24, 2.45) is 0 Å². The van der Waals surface area contributed by atoms with Crippen LogP contribution in [0.15, 0.2) is 202 Å². The van der Waals surface area contributed by atoms with E-state index in [2.05, 4.69) is 180 Å². The molecule has 1 atom stereocenters. The summed E-state index contributed by atoms with van der Waals surface area (Å²) in [6.45, 7) is 16.2. The Balaban J connectivity index is 0.00000200. The maximum Gasteiger partial charge on any atom is 0.0783 e. The predicted molar refractivity (Wildman–Crippen MR) is 221 cm³/mol. The molecule has 1 aliphatic heterocycles. The Hall–Kier alpha value is -6.58. The van der Waals surface area contributed by atoms with Gasteiger partial charge in [-0.25, -0.2) is 0 Å². The molecule has 0 radical (unpaired) electrons. The van der Waals surface area contributed by atoms with Gasteiger partial charge in [0, 0.05) is 39.3 Å². The summed E-state index contributed by atoms with van der Waals surface area (Å²) in [6.07, 6.45) is 18.6. The molecule has 248 valence electrons. The fourth-order valence-electron chi connectivity index (χ4n) is 7.16. The second-order valence-corrected chi connectivity index (χ2v) is 12.3. The SMILES string of the molecule is C=C.C=CC1=CC=CNC1c1cn(-c2cccc(-n3c4ccc(/C(C=C)=C/C=C\C)cc4c4cc(-c5ccccc5)ccc43)c2)c2ccccc12. The molecule has 0 amide bonds. The molecule has 1 aliphatic rings. The minimum atomic E-state index is 0.0319. The molecule has 0 fully saturated rings. The zero-order valence-corrected chi connectivity index (χ0v) is 29.0. The van der Waals surface area contributed by atoms with E-state index < -0.39 is 0 Å². The number of fused-ring (bicyclic) bond motifs is 4. The molecule has 0 saturated heterocycles. The van der Waals surface area contributed by atoms with Gasteiger partial charge >= 0.3 is 0 Å². The van der Waals surface area contributed by atoms with Crippen molar-refractivity contribution in [1.82, 2.24) is 14.5 Å². The highest BCUT2D eigenvalue weighted by atomic mass is 15.0. The van der Waals surface area contributed by atoms with Crippen LogP contribution in [0, 0.1) is 0 Å². The molecule has 0 spiro atoms. The van der Waals surface area contributed by atoms with Crippen LogP contribution < -0.4 is 5.32 Å². The molecule has 51 heavy (non-hydrogen) atoms. The van der Waals surface area contributed by atoms with Gasteiger partial charge in [0.05, 0.1) is 22.6 Å². The van der Waals surface area contributed by atoms with Crippen LogP contribution in [0.4, 0.5) is 0 Å². The van der Waals surface area contributed by atoms with Gasteiger partial charge < -0.3 is 14.5 Å². The number of hydrogen-bond donors (Lipinski definition) is 1. The van der Waals surface area contributed by atoms with E-state index in [1.54, 1.807) is 0 Å². The summed E-state index contributed by atoms with van der Waals surface area (Å²) in [4.78, 5) is 0. The van der Waals surface area contributed by atoms with Crippen molar-refractivity contribution in [1.29, 1.82) is 0 Å². The predicted octanol–water partition coefficient (Wildman–Crippen LogP) is 12.6. The summed E-state index contributed by atoms with van der Waals surface area (Å²) in [6, 6.07) is 41.8. The van der Waals surface area contributed by atoms with Crippen LogP contribution in [0.3, 0.4) is 0 Å². The molecule has 0 aliphatic carbocycles. The number of dihydropyridines is 1. The van der Waals surface area contributed by atoms with E-state index in [1.807, 2.05) is 37.4 Å². The van der Waals surface area contributed by atoms with Crippen LogP contribution in [-0.2, 0) is 0 Å². The summed E-state index contributed by atoms with van der Waals surface area (Å²) in [5.41, 5.74) is 12.7. The Labute approximate surface area is 300 Å². The monoisotopic (exact) mass is 659 g/mol. The number of nitrogens with one attached hydrogen (secondary N) is 1. The Bertz CT molecular complexity index is 2530. The molecule has 1 unspecified atom stereocenters. The molecule has 5 aromatic carbocycles. The molecular formula is C48H41N3. The minimum Gasteiger partial charge on any atom is -0.380 e. The Morgan fingerprint density at radius 3 is 2.24 bits per heavy atom. The number of aromatic nitrogens is 2. The standard InChI is InChI=1S/C46H37N3.C2H4/c1-4-7-15-32(5-2)35-23-25-44-40(28-35)41-29-36(34-16-9-8-10-17-34)24-26-45(41)49(44)38-20-13-19-37(30-38)48-31-42(39-21-11-12-22-43(39)48)46-33(6-3)18-14-27-47-46;1-2/h4-31,46-47H,2-3H2,1H3;1-2H2/b7-4-,32-15+;. The molecular weight excluding hydrogens is 619 g/mol. The lowest BCUT2D eigenvalue weighted by atomic mass is 9.96. The number of para-hydroxylation sites is 1. The highest BCUT2D eigenvalue weighted by Gasteiger charge is 2.21. The van der Waals surface area contributed by atoms with Gasteiger partial charge in [-0.05, 0) is 95.6 Å². The van der Waals surface area contributed by atoms with Gasteiger partial charge in [-0.15, -0.1) is 13.2 Å². The second-order valence-electron chi connectivity index (χ2n) is 12.3. The maximum atomic E-state index is 4.11. The molecule has 3 heteroatoms. The summed E-state index contributed by atoms with van der Waals surface area (Å²) in [5, 5.41) is 7.20. The summed E-state index contributed by atoms with van der Waals surface area (Å²) >= 11 is 0. The number of hydrogen-bond acceptors (Lipinski definition) is 1. The third kappa shape index (κ3) is 6.00. The third-order valence-electron chi connectivity index (χ3n) is 9.53. The van der Waals surface area contributed by atoms with E-state index >= 15 is 0 Å². The fourth-order valence-corrected chi connectivity index (χ4v) is 7.16. The van der Waals surface area contributed by atoms with E-state index in [0.29, 0.717) is 0 Å². The lowest BCUT2D eigenvalue weighted by molar-refractivity contribution is 0.722. The van der Waals surface area contributed by atoms with E-state index in [0.717, 1.165) is 33.6 Å². The lowest BCUT2D eigenvalue weighted by Crippen LogP contribution is -2.19. The lowest BCUT2D eigenvalue weighted by Gasteiger charge is -2.21. The first-order chi connectivity index (χ1) is 25.2. The van der Waals surface area contributed by atoms with Crippen molar-refractivity contribution in [3.63, 3.8) is 0 Å². The van der Waals surface area contributed by atoms with Crippen molar-refractivity contribution in [2.45, 2.75) is 13.0 Å². The fraction of sp³-hybridized carbons (Fsp3) is 0.0417. The smallest absolute Gasteiger partial charge is 0.0783 e. The van der Waals surface area contributed by atoms with Gasteiger partial charge in [-0.2, -0.15) is 0 Å². The minimum absolute atomic E-state index is 0.0319. The van der Waals surface area contributed by atoms with Gasteiger partial charge in [-0.3, -0.25) is 0 Å². The van der Waals surface area contributed by atoms with Crippen LogP contribution in [0.1, 0.15) is 24.1 Å². The first kappa shape index (κ1) is 32.9. The molecule has 0 saturated carbocycles. The normalized spacial score (nSPS) is 14.3. The van der Waals surface area contributed by atoms with Crippen molar-refractivity contribution < 1.29 is 0 Å². The maximum absolute atomic E-state index is 4.11. The number of rotatable bonds is 8. The zero-order valence-electron chi connectivity index (χ0n) is 29.0. The van der Waals surface area contributed by atoms with Crippen molar-refractivity contribution in [3.8, 4) is 22.5 Å². The van der Waals surface area contributed by atoms with E-state index in [1.165, 1.54) is 43.9 Å². The Morgan fingerprint density at radius 1 is 0.706 bits per heavy atom. The first-order valence-corrected chi connectivity index (χ1v) is 17.2. The number of benzene rings is 5. The number of allylic oxidation sites excluding steroid dienone is 7.